The minimum Gasteiger partial charge on any atom is -0.468 e. The second kappa shape index (κ2) is 6.85. The van der Waals surface area contributed by atoms with Gasteiger partial charge in [-0.15, -0.1) is 0 Å². The van der Waals surface area contributed by atoms with Crippen LogP contribution in [0.1, 0.15) is 18.2 Å². The van der Waals surface area contributed by atoms with Crippen molar-refractivity contribution in [1.29, 1.82) is 0 Å². The summed E-state index contributed by atoms with van der Waals surface area (Å²) in [6.45, 7) is 2.52. The van der Waals surface area contributed by atoms with Gasteiger partial charge >= 0.3 is 0 Å². The lowest BCUT2D eigenvalue weighted by molar-refractivity contribution is -0.114. The lowest BCUT2D eigenvalue weighted by atomic mass is 10.2. The number of nitrogens with zero attached hydrogens (tertiary/aromatic N) is 2. The average Bonchev–Trinajstić information content (AvgIpc) is 3.23. The molecule has 0 N–H and O–H groups in total. The summed E-state index contributed by atoms with van der Waals surface area (Å²) >= 11 is 0. The molecular weight excluding hydrogens is 340 g/mol. The third-order valence-electron chi connectivity index (χ3n) is 4.19. The predicted molar refractivity (Wildman–Crippen MR) is 94.7 cm³/mol. The summed E-state index contributed by atoms with van der Waals surface area (Å²) in [5.74, 6) is 0.488. The fraction of sp³-hybridized carbons (Fsp3) is 0.278. The van der Waals surface area contributed by atoms with E-state index in [1.807, 2.05) is 0 Å². The van der Waals surface area contributed by atoms with Crippen molar-refractivity contribution in [3.63, 3.8) is 0 Å². The summed E-state index contributed by atoms with van der Waals surface area (Å²) in [5, 5.41) is 0. The van der Waals surface area contributed by atoms with E-state index in [-0.39, 0.29) is 17.3 Å². The molecular formula is C18H20N2O4S. The maximum absolute atomic E-state index is 12.8. The van der Waals surface area contributed by atoms with Crippen LogP contribution in [-0.4, -0.2) is 32.2 Å². The number of sulfonamides is 1. The van der Waals surface area contributed by atoms with Crippen LogP contribution >= 0.6 is 0 Å². The highest BCUT2D eigenvalue weighted by Crippen LogP contribution is 2.31. The normalized spacial score (nSPS) is 14.4. The van der Waals surface area contributed by atoms with Crippen LogP contribution in [0.4, 0.5) is 5.69 Å². The molecule has 1 aliphatic rings. The van der Waals surface area contributed by atoms with Gasteiger partial charge in [0.1, 0.15) is 5.76 Å². The van der Waals surface area contributed by atoms with E-state index in [0.717, 1.165) is 11.3 Å². The first-order valence-electron chi connectivity index (χ1n) is 7.99. The monoisotopic (exact) mass is 360 g/mol. The van der Waals surface area contributed by atoms with E-state index >= 15 is 0 Å². The molecule has 3 rings (SSSR count). The number of hydrogen-bond donors (Lipinski definition) is 0. The highest BCUT2D eigenvalue weighted by molar-refractivity contribution is 7.89. The first-order chi connectivity index (χ1) is 11.9. The van der Waals surface area contributed by atoms with Gasteiger partial charge in [0.2, 0.25) is 10.0 Å². The van der Waals surface area contributed by atoms with Crippen molar-refractivity contribution in [2.75, 3.05) is 18.5 Å². The Labute approximate surface area is 147 Å². The fourth-order valence-electron chi connectivity index (χ4n) is 2.89. The van der Waals surface area contributed by atoms with Crippen molar-refractivity contribution in [2.45, 2.75) is 24.8 Å². The van der Waals surface area contributed by atoms with Gasteiger partial charge in [-0.3, -0.25) is 4.79 Å². The molecule has 0 saturated heterocycles. The van der Waals surface area contributed by atoms with Gasteiger partial charge in [0.05, 0.1) is 17.7 Å². The average molecular weight is 360 g/mol. The number of anilines is 1. The molecule has 25 heavy (non-hydrogen) atoms. The molecule has 0 fully saturated rings. The van der Waals surface area contributed by atoms with Gasteiger partial charge in [0, 0.05) is 19.3 Å². The second-order valence-corrected chi connectivity index (χ2v) is 7.92. The smallest absolute Gasteiger partial charge is 0.250 e. The van der Waals surface area contributed by atoms with Crippen LogP contribution in [0.25, 0.3) is 0 Å². The van der Waals surface area contributed by atoms with E-state index in [1.54, 1.807) is 48.2 Å². The summed E-state index contributed by atoms with van der Waals surface area (Å²) in [5.41, 5.74) is 1.64. The topological polar surface area (TPSA) is 70.8 Å². The Kier molecular flexibility index (Phi) is 4.78. The molecule has 0 aliphatic carbocycles. The molecule has 1 aromatic heterocycles. The van der Waals surface area contributed by atoms with Crippen LogP contribution in [0.5, 0.6) is 0 Å². The molecule has 0 atom stereocenters. The largest absolute Gasteiger partial charge is 0.468 e. The second-order valence-electron chi connectivity index (χ2n) is 5.87. The zero-order valence-electron chi connectivity index (χ0n) is 14.2. The molecule has 0 spiro atoms. The van der Waals surface area contributed by atoms with E-state index in [0.29, 0.717) is 18.7 Å². The van der Waals surface area contributed by atoms with Crippen LogP contribution in [0, 0.1) is 0 Å². The summed E-state index contributed by atoms with van der Waals surface area (Å²) in [6, 6.07) is 8.37. The zero-order chi connectivity index (χ0) is 18.0. The van der Waals surface area contributed by atoms with E-state index in [9.17, 15) is 13.2 Å². The highest BCUT2D eigenvalue weighted by atomic mass is 32.2. The van der Waals surface area contributed by atoms with Crippen LogP contribution < -0.4 is 4.90 Å². The van der Waals surface area contributed by atoms with Gasteiger partial charge in [0.25, 0.3) is 5.91 Å². The van der Waals surface area contributed by atoms with E-state index in [2.05, 4.69) is 0 Å². The number of hydrogen-bond acceptors (Lipinski definition) is 4. The molecule has 0 saturated carbocycles. The molecule has 0 radical (unpaired) electrons. The molecule has 1 aliphatic heterocycles. The number of carbonyl (C=O) groups excluding carboxylic acids is 1. The van der Waals surface area contributed by atoms with Crippen LogP contribution in [0.3, 0.4) is 0 Å². The molecule has 132 valence electrons. The summed E-state index contributed by atoms with van der Waals surface area (Å²) in [6.07, 6.45) is 5.37. The molecule has 1 amide bonds. The van der Waals surface area contributed by atoms with Gasteiger partial charge in [-0.2, -0.15) is 4.31 Å². The Morgan fingerprint density at radius 2 is 2.16 bits per heavy atom. The SMILES string of the molecule is C/C=C/C(=O)N1CCc2cc(S(=O)(=O)N(C)Cc3ccco3)ccc21. The predicted octanol–water partition coefficient (Wildman–Crippen LogP) is 2.57. The Balaban J connectivity index is 1.85. The van der Waals surface area contributed by atoms with Crippen molar-refractivity contribution < 1.29 is 17.6 Å². The summed E-state index contributed by atoms with van der Waals surface area (Å²) < 4.78 is 32.0. The molecule has 0 bridgehead atoms. The third kappa shape index (κ3) is 3.38. The zero-order valence-corrected chi connectivity index (χ0v) is 15.0. The first kappa shape index (κ1) is 17.4. The summed E-state index contributed by atoms with van der Waals surface area (Å²) in [4.78, 5) is 14.0. The van der Waals surface area contributed by atoms with Gasteiger partial charge in [-0.05, 0) is 55.3 Å². The highest BCUT2D eigenvalue weighted by Gasteiger charge is 2.27. The summed E-state index contributed by atoms with van der Waals surface area (Å²) in [7, 11) is -2.11. The standard InChI is InChI=1S/C18H20N2O4S/c1-3-5-18(21)20-10-9-14-12-16(7-8-17(14)20)25(22,23)19(2)13-15-6-4-11-24-15/h3-8,11-12H,9-10,13H2,1-2H3/b5-3+. The number of carbonyl (C=O) groups is 1. The van der Waals surface area contributed by atoms with Crippen molar-refractivity contribution in [1.82, 2.24) is 4.31 Å². The van der Waals surface area contributed by atoms with Crippen molar-refractivity contribution in [2.24, 2.45) is 0 Å². The minimum atomic E-state index is -3.63. The van der Waals surface area contributed by atoms with E-state index in [1.165, 1.54) is 23.7 Å². The van der Waals surface area contributed by atoms with Crippen LogP contribution in [0.2, 0.25) is 0 Å². The Morgan fingerprint density at radius 3 is 2.84 bits per heavy atom. The molecule has 2 aromatic rings. The van der Waals surface area contributed by atoms with Crippen molar-refractivity contribution >= 4 is 21.6 Å². The lowest BCUT2D eigenvalue weighted by Gasteiger charge is -2.18. The van der Waals surface area contributed by atoms with Crippen molar-refractivity contribution in [3.8, 4) is 0 Å². The number of furan rings is 1. The van der Waals surface area contributed by atoms with Gasteiger partial charge in [-0.25, -0.2) is 8.42 Å². The number of amides is 1. The Morgan fingerprint density at radius 1 is 1.36 bits per heavy atom. The lowest BCUT2D eigenvalue weighted by Crippen LogP contribution is -2.27. The molecule has 2 heterocycles. The minimum absolute atomic E-state index is 0.0909. The molecule has 7 heteroatoms. The van der Waals surface area contributed by atoms with E-state index in [4.69, 9.17) is 4.42 Å². The molecule has 1 aromatic carbocycles. The fourth-order valence-corrected chi connectivity index (χ4v) is 4.08. The number of allylic oxidation sites excluding steroid dienone is 1. The maximum atomic E-state index is 12.8. The number of benzene rings is 1. The van der Waals surface area contributed by atoms with Crippen LogP contribution in [-0.2, 0) is 27.8 Å². The van der Waals surface area contributed by atoms with Gasteiger partial charge in [-0.1, -0.05) is 6.08 Å². The number of fused-ring (bicyclic) bond motifs is 1. The van der Waals surface area contributed by atoms with Gasteiger partial charge in [0.15, 0.2) is 0 Å². The van der Waals surface area contributed by atoms with Crippen LogP contribution in [0.15, 0.2) is 58.1 Å². The molecule has 0 unspecified atom stereocenters. The molecule has 6 nitrogen and oxygen atoms in total. The Hall–Kier alpha value is -2.38. The van der Waals surface area contributed by atoms with E-state index < -0.39 is 10.0 Å². The Bertz CT molecular complexity index is 901. The maximum Gasteiger partial charge on any atom is 0.250 e. The number of rotatable bonds is 5. The first-order valence-corrected chi connectivity index (χ1v) is 9.43. The quantitative estimate of drug-likeness (QED) is 0.769. The van der Waals surface area contributed by atoms with Crippen molar-refractivity contribution in [3.05, 3.63) is 60.1 Å². The third-order valence-corrected chi connectivity index (χ3v) is 5.99. The van der Waals surface area contributed by atoms with Gasteiger partial charge < -0.3 is 9.32 Å².